The fraction of sp³-hybridized carbons (Fsp3) is 0.286. The molecule has 0 aliphatic carbocycles. The molecule has 3 aromatic rings. The maximum Gasteiger partial charge on any atom is 0.417 e. The van der Waals surface area contributed by atoms with E-state index in [2.05, 4.69) is 10.3 Å². The molecule has 2 aromatic carbocycles. The van der Waals surface area contributed by atoms with Crippen LogP contribution in [0.4, 0.5) is 18.9 Å². The molecule has 1 saturated heterocycles. The molecule has 0 spiro atoms. The van der Waals surface area contributed by atoms with Gasteiger partial charge < -0.3 is 21.6 Å². The summed E-state index contributed by atoms with van der Waals surface area (Å²) in [6.45, 7) is 3.87. The predicted molar refractivity (Wildman–Crippen MR) is 111 cm³/mol. The molecule has 0 radical (unpaired) electrons. The summed E-state index contributed by atoms with van der Waals surface area (Å²) >= 11 is 0. The highest BCUT2D eigenvalue weighted by molar-refractivity contribution is 6.12. The van der Waals surface area contributed by atoms with Crippen molar-refractivity contribution in [2.45, 2.75) is 25.4 Å². The molecule has 5 N–H and O–H groups in total. The quantitative estimate of drug-likeness (QED) is 0.531. The van der Waals surface area contributed by atoms with Crippen LogP contribution in [-0.4, -0.2) is 34.7 Å². The second kappa shape index (κ2) is 7.23. The number of halogens is 3. The monoisotopic (exact) mass is 447 g/mol. The molecule has 168 valence electrons. The zero-order chi connectivity index (χ0) is 23.4. The van der Waals surface area contributed by atoms with Crippen molar-refractivity contribution in [2.24, 2.45) is 5.73 Å². The molecule has 0 bridgehead atoms. The maximum atomic E-state index is 13.4. The Hall–Kier alpha value is -3.60. The number of carbonyl (C=O) groups excluding carboxylic acids is 2. The van der Waals surface area contributed by atoms with Gasteiger partial charge in [-0.25, -0.2) is 9.66 Å². The zero-order valence-electron chi connectivity index (χ0n) is 17.2. The van der Waals surface area contributed by atoms with Gasteiger partial charge in [0, 0.05) is 16.7 Å². The fourth-order valence-corrected chi connectivity index (χ4v) is 3.98. The van der Waals surface area contributed by atoms with Gasteiger partial charge in [-0.05, 0) is 25.1 Å². The highest BCUT2D eigenvalue weighted by atomic mass is 19.4. The van der Waals surface area contributed by atoms with Crippen molar-refractivity contribution >= 4 is 28.5 Å². The van der Waals surface area contributed by atoms with Gasteiger partial charge in [0.1, 0.15) is 11.3 Å². The summed E-state index contributed by atoms with van der Waals surface area (Å²) in [5, 5.41) is 2.54. The predicted octanol–water partition coefficient (Wildman–Crippen LogP) is 2.72. The Balaban J connectivity index is 1.93. The second-order valence-electron chi connectivity index (χ2n) is 7.99. The molecule has 2 amide bonds. The second-order valence-corrected chi connectivity index (χ2v) is 7.99. The van der Waals surface area contributed by atoms with Gasteiger partial charge in [0.05, 0.1) is 35.4 Å². The van der Waals surface area contributed by atoms with Crippen LogP contribution in [0, 0.1) is 6.92 Å². The summed E-state index contributed by atoms with van der Waals surface area (Å²) < 4.78 is 46.8. The van der Waals surface area contributed by atoms with Crippen molar-refractivity contribution in [3.8, 4) is 0 Å². The summed E-state index contributed by atoms with van der Waals surface area (Å²) in [4.78, 5) is 29.8. The first-order valence-corrected chi connectivity index (χ1v) is 9.61. The van der Waals surface area contributed by atoms with Crippen LogP contribution >= 0.6 is 0 Å². The van der Waals surface area contributed by atoms with Crippen molar-refractivity contribution in [3.63, 3.8) is 0 Å². The number of carbonyl (C=O) groups is 2. The number of imidazole rings is 1. The molecule has 0 unspecified atom stereocenters. The minimum absolute atomic E-state index is 0.0417. The van der Waals surface area contributed by atoms with Gasteiger partial charge in [0.25, 0.3) is 11.8 Å². The number of nitrogen functional groups attached to an aromatic ring is 1. The Morgan fingerprint density at radius 3 is 2.47 bits per heavy atom. The van der Waals surface area contributed by atoms with E-state index in [1.54, 1.807) is 13.8 Å². The number of fused-ring (bicyclic) bond motifs is 1. The first-order valence-electron chi connectivity index (χ1n) is 9.61. The first kappa shape index (κ1) is 21.6. The normalized spacial score (nSPS) is 15.4. The molecule has 8 nitrogen and oxygen atoms in total. The van der Waals surface area contributed by atoms with Gasteiger partial charge >= 0.3 is 6.18 Å². The average molecular weight is 447 g/mol. The summed E-state index contributed by atoms with van der Waals surface area (Å²) in [6.07, 6.45) is -4.72. The van der Waals surface area contributed by atoms with E-state index in [1.165, 1.54) is 22.9 Å². The lowest BCUT2D eigenvalue weighted by Gasteiger charge is -2.40. The molecular formula is C21H20F3N5O3. The minimum atomic E-state index is -4.72. The largest absolute Gasteiger partial charge is 0.417 e. The van der Waals surface area contributed by atoms with Gasteiger partial charge in [-0.2, -0.15) is 13.2 Å². The van der Waals surface area contributed by atoms with Crippen molar-refractivity contribution < 1.29 is 27.5 Å². The number of rotatable bonds is 4. The molecular weight excluding hydrogens is 427 g/mol. The van der Waals surface area contributed by atoms with E-state index in [0.29, 0.717) is 16.9 Å². The molecule has 11 heteroatoms. The summed E-state index contributed by atoms with van der Waals surface area (Å²) in [5.74, 6) is 4.61. The van der Waals surface area contributed by atoms with E-state index in [0.717, 1.165) is 12.1 Å². The van der Waals surface area contributed by atoms with Crippen LogP contribution in [0.25, 0.3) is 11.0 Å². The Kier molecular flexibility index (Phi) is 4.88. The number of aryl methyl sites for hydroxylation is 1. The van der Waals surface area contributed by atoms with Crippen LogP contribution in [0.2, 0.25) is 0 Å². The molecule has 0 atom stereocenters. The van der Waals surface area contributed by atoms with Crippen LogP contribution < -0.4 is 16.9 Å². The Morgan fingerprint density at radius 1 is 1.25 bits per heavy atom. The van der Waals surface area contributed by atoms with E-state index < -0.39 is 34.5 Å². The van der Waals surface area contributed by atoms with E-state index in [1.807, 2.05) is 0 Å². The number of aromatic nitrogens is 2. The van der Waals surface area contributed by atoms with Crippen molar-refractivity contribution in [2.75, 3.05) is 24.4 Å². The Labute approximate surface area is 180 Å². The Bertz CT molecular complexity index is 1260. The molecule has 0 saturated carbocycles. The molecule has 1 fully saturated rings. The van der Waals surface area contributed by atoms with E-state index in [4.69, 9.17) is 16.3 Å². The first-order chi connectivity index (χ1) is 14.9. The molecule has 1 aliphatic rings. The molecule has 2 heterocycles. The number of hydrogen-bond acceptors (Lipinski definition) is 5. The summed E-state index contributed by atoms with van der Waals surface area (Å²) in [6, 6.07) is 5.92. The van der Waals surface area contributed by atoms with Gasteiger partial charge in [-0.15, -0.1) is 0 Å². The molecule has 1 aromatic heterocycles. The van der Waals surface area contributed by atoms with E-state index in [-0.39, 0.29) is 30.0 Å². The fourth-order valence-electron chi connectivity index (χ4n) is 3.98. The van der Waals surface area contributed by atoms with Crippen molar-refractivity contribution in [1.29, 1.82) is 0 Å². The third-order valence-corrected chi connectivity index (χ3v) is 5.58. The van der Waals surface area contributed by atoms with Crippen LogP contribution in [0.15, 0.2) is 30.3 Å². The highest BCUT2D eigenvalue weighted by Crippen LogP contribution is 2.42. The van der Waals surface area contributed by atoms with Crippen LogP contribution in [-0.2, 0) is 16.3 Å². The van der Waals surface area contributed by atoms with Crippen molar-refractivity contribution in [3.05, 3.63) is 58.4 Å². The third-order valence-electron chi connectivity index (χ3n) is 5.58. The number of ether oxygens (including phenoxy) is 1. The van der Waals surface area contributed by atoms with Gasteiger partial charge in [0.2, 0.25) is 0 Å². The average Bonchev–Trinajstić information content (AvgIpc) is 2.98. The number of nitrogens with zero attached hydrogens (tertiary/aromatic N) is 2. The van der Waals surface area contributed by atoms with Crippen molar-refractivity contribution in [1.82, 2.24) is 9.66 Å². The van der Waals surface area contributed by atoms with E-state index in [9.17, 15) is 22.8 Å². The lowest BCUT2D eigenvalue weighted by atomic mass is 9.76. The summed E-state index contributed by atoms with van der Waals surface area (Å²) in [5.41, 5.74) is 4.38. The number of primary amides is 1. The molecule has 1 aliphatic heterocycles. The molecule has 32 heavy (non-hydrogen) atoms. The Morgan fingerprint density at radius 2 is 1.91 bits per heavy atom. The lowest BCUT2D eigenvalue weighted by molar-refractivity contribution is -0.137. The SMILES string of the molecule is Cc1nc2c(C(N)=O)c(C3(C)COC3)c(NC(=O)c3ccccc3C(F)(F)F)cc2n1N. The van der Waals surface area contributed by atoms with Crippen LogP contribution in [0.3, 0.4) is 0 Å². The number of amides is 2. The van der Waals surface area contributed by atoms with Gasteiger partial charge in [0.15, 0.2) is 0 Å². The van der Waals surface area contributed by atoms with Crippen LogP contribution in [0.5, 0.6) is 0 Å². The zero-order valence-corrected chi connectivity index (χ0v) is 17.2. The number of nitrogens with two attached hydrogens (primary N) is 2. The van der Waals surface area contributed by atoms with E-state index >= 15 is 0 Å². The number of benzene rings is 2. The minimum Gasteiger partial charge on any atom is -0.379 e. The number of alkyl halides is 3. The number of nitrogens with one attached hydrogen (secondary N) is 1. The van der Waals surface area contributed by atoms with Gasteiger partial charge in [-0.3, -0.25) is 9.59 Å². The van der Waals surface area contributed by atoms with Gasteiger partial charge in [-0.1, -0.05) is 19.1 Å². The van der Waals surface area contributed by atoms with Crippen LogP contribution in [0.1, 0.15) is 44.6 Å². The topological polar surface area (TPSA) is 125 Å². The number of anilines is 1. The standard InChI is InChI=1S/C21H20F3N5O3/c1-10-27-17-14(29(10)26)7-13(16(15(17)18(25)30)20(2)8-32-9-20)28-19(31)11-5-3-4-6-12(11)21(22,23)24/h3-7H,8-9,26H2,1-2H3,(H2,25,30)(H,28,31). The molecule has 4 rings (SSSR count). The third kappa shape index (κ3) is 3.34. The lowest BCUT2D eigenvalue weighted by Crippen LogP contribution is -2.46. The summed E-state index contributed by atoms with van der Waals surface area (Å²) in [7, 11) is 0. The smallest absolute Gasteiger partial charge is 0.379 e. The highest BCUT2D eigenvalue weighted by Gasteiger charge is 2.42. The maximum absolute atomic E-state index is 13.4. The number of hydrogen-bond donors (Lipinski definition) is 3.